The van der Waals surface area contributed by atoms with E-state index in [1.54, 1.807) is 0 Å². The van der Waals surface area contributed by atoms with Crippen molar-refractivity contribution < 1.29 is 42.1 Å². The van der Waals surface area contributed by atoms with E-state index in [1.165, 1.54) is 218 Å². The third kappa shape index (κ3) is 57.8. The summed E-state index contributed by atoms with van der Waals surface area (Å²) in [6.45, 7) is 4.44. The molecular formula is C62H121NO8P+. The third-order valence-electron chi connectivity index (χ3n) is 14.0. The van der Waals surface area contributed by atoms with Crippen LogP contribution < -0.4 is 0 Å². The number of hydrogen-bond acceptors (Lipinski definition) is 7. The molecule has 10 heteroatoms. The van der Waals surface area contributed by atoms with Gasteiger partial charge in [0.05, 0.1) is 27.7 Å². The fourth-order valence-corrected chi connectivity index (χ4v) is 9.91. The molecule has 0 aliphatic rings. The van der Waals surface area contributed by atoms with Crippen LogP contribution in [0.5, 0.6) is 0 Å². The zero-order chi connectivity index (χ0) is 52.7. The Balaban J connectivity index is 3.95. The normalized spacial score (nSPS) is 13.4. The number of rotatable bonds is 58. The largest absolute Gasteiger partial charge is 0.472 e. The molecule has 0 aromatic carbocycles. The summed E-state index contributed by atoms with van der Waals surface area (Å²) in [5, 5.41) is 0. The van der Waals surface area contributed by atoms with E-state index in [0.29, 0.717) is 23.9 Å². The molecule has 0 aromatic rings. The Bertz CT molecular complexity index is 1270. The molecule has 0 radical (unpaired) electrons. The lowest BCUT2D eigenvalue weighted by Gasteiger charge is -2.24. The van der Waals surface area contributed by atoms with Crippen LogP contribution in [0, 0.1) is 0 Å². The smallest absolute Gasteiger partial charge is 0.462 e. The van der Waals surface area contributed by atoms with E-state index in [0.717, 1.165) is 57.8 Å². The molecule has 0 fully saturated rings. The van der Waals surface area contributed by atoms with Gasteiger partial charge in [-0.05, 0) is 44.9 Å². The van der Waals surface area contributed by atoms with Gasteiger partial charge in [0, 0.05) is 12.8 Å². The number of phosphoric acid groups is 1. The molecule has 72 heavy (non-hydrogen) atoms. The van der Waals surface area contributed by atoms with Crippen LogP contribution in [-0.2, 0) is 32.7 Å². The Morgan fingerprint density at radius 1 is 0.431 bits per heavy atom. The van der Waals surface area contributed by atoms with Gasteiger partial charge in [0.1, 0.15) is 19.8 Å². The number of phosphoric ester groups is 1. The van der Waals surface area contributed by atoms with Crippen molar-refractivity contribution in [1.29, 1.82) is 0 Å². The maximum absolute atomic E-state index is 12.8. The molecule has 2 atom stereocenters. The Morgan fingerprint density at radius 3 is 1.12 bits per heavy atom. The summed E-state index contributed by atoms with van der Waals surface area (Å²) in [5.74, 6) is -0.799. The number of allylic oxidation sites excluding steroid dienone is 4. The highest BCUT2D eigenvalue weighted by Gasteiger charge is 2.27. The molecule has 9 nitrogen and oxygen atoms in total. The molecule has 0 heterocycles. The van der Waals surface area contributed by atoms with E-state index >= 15 is 0 Å². The molecule has 0 aliphatic carbocycles. The van der Waals surface area contributed by atoms with Gasteiger partial charge in [-0.25, -0.2) is 4.57 Å². The molecule has 0 saturated heterocycles. The van der Waals surface area contributed by atoms with Crippen LogP contribution >= 0.6 is 7.82 Å². The van der Waals surface area contributed by atoms with Crippen molar-refractivity contribution in [3.63, 3.8) is 0 Å². The van der Waals surface area contributed by atoms with Gasteiger partial charge in [-0.3, -0.25) is 18.6 Å². The zero-order valence-electron chi connectivity index (χ0n) is 48.4. The van der Waals surface area contributed by atoms with Gasteiger partial charge in [0.25, 0.3) is 0 Å². The molecule has 0 rings (SSSR count). The van der Waals surface area contributed by atoms with E-state index in [1.807, 2.05) is 21.1 Å². The first kappa shape index (κ1) is 70.5. The van der Waals surface area contributed by atoms with Gasteiger partial charge in [-0.1, -0.05) is 276 Å². The Kier molecular flexibility index (Phi) is 53.1. The number of unbranched alkanes of at least 4 members (excludes halogenated alkanes) is 40. The zero-order valence-corrected chi connectivity index (χ0v) is 49.3. The van der Waals surface area contributed by atoms with Crippen LogP contribution in [0.2, 0.25) is 0 Å². The average Bonchev–Trinajstić information content (AvgIpc) is 3.34. The number of carbonyl (C=O) groups excluding carboxylic acids is 2. The minimum Gasteiger partial charge on any atom is -0.462 e. The van der Waals surface area contributed by atoms with Crippen molar-refractivity contribution >= 4 is 19.8 Å². The Labute approximate surface area is 447 Å². The molecule has 0 bridgehead atoms. The molecule has 0 aromatic heterocycles. The highest BCUT2D eigenvalue weighted by atomic mass is 31.2. The molecule has 0 amide bonds. The molecule has 2 unspecified atom stereocenters. The van der Waals surface area contributed by atoms with E-state index in [9.17, 15) is 19.0 Å². The number of hydrogen-bond donors (Lipinski definition) is 1. The number of quaternary nitrogens is 1. The van der Waals surface area contributed by atoms with Gasteiger partial charge < -0.3 is 18.9 Å². The van der Waals surface area contributed by atoms with Crippen molar-refractivity contribution in [2.45, 2.75) is 315 Å². The van der Waals surface area contributed by atoms with Gasteiger partial charge >= 0.3 is 19.8 Å². The van der Waals surface area contributed by atoms with Gasteiger partial charge in [-0.15, -0.1) is 0 Å². The van der Waals surface area contributed by atoms with Gasteiger partial charge in [-0.2, -0.15) is 0 Å². The Morgan fingerprint density at radius 2 is 0.750 bits per heavy atom. The Hall–Kier alpha value is -1.51. The first-order valence-electron chi connectivity index (χ1n) is 31.1. The van der Waals surface area contributed by atoms with Gasteiger partial charge in [0.2, 0.25) is 0 Å². The van der Waals surface area contributed by atoms with E-state index < -0.39 is 26.5 Å². The maximum atomic E-state index is 12.8. The first-order valence-corrected chi connectivity index (χ1v) is 32.6. The number of likely N-dealkylation sites (N-methyl/N-ethyl adjacent to an activating group) is 1. The van der Waals surface area contributed by atoms with E-state index in [2.05, 4.69) is 38.2 Å². The quantitative estimate of drug-likeness (QED) is 0.0211. The second kappa shape index (κ2) is 54.3. The SMILES string of the molecule is CCCCC/C=C\C/C=C\CCCCCCCC(=O)OC(COC(=O)CCCCCCCCCCCCCCCCCCCCCCCCCCCCCCCCCCC)COP(=O)(O)OCC[N+](C)(C)C. The van der Waals surface area contributed by atoms with Crippen molar-refractivity contribution in [2.75, 3.05) is 47.5 Å². The lowest BCUT2D eigenvalue weighted by molar-refractivity contribution is -0.870. The first-order chi connectivity index (χ1) is 35.0. The van der Waals surface area contributed by atoms with Crippen molar-refractivity contribution in [1.82, 2.24) is 0 Å². The van der Waals surface area contributed by atoms with Crippen molar-refractivity contribution in [2.24, 2.45) is 0 Å². The van der Waals surface area contributed by atoms with Crippen LogP contribution in [0.15, 0.2) is 24.3 Å². The summed E-state index contributed by atoms with van der Waals surface area (Å²) < 4.78 is 34.5. The lowest BCUT2D eigenvalue weighted by atomic mass is 10.0. The second-order valence-corrected chi connectivity index (χ2v) is 23.9. The summed E-state index contributed by atoms with van der Waals surface area (Å²) >= 11 is 0. The molecule has 1 N–H and O–H groups in total. The van der Waals surface area contributed by atoms with Crippen LogP contribution in [0.3, 0.4) is 0 Å². The van der Waals surface area contributed by atoms with Gasteiger partial charge in [0.15, 0.2) is 6.10 Å². The van der Waals surface area contributed by atoms with Crippen LogP contribution in [0.4, 0.5) is 0 Å². The summed E-state index contributed by atoms with van der Waals surface area (Å²) in [7, 11) is 1.48. The van der Waals surface area contributed by atoms with E-state index in [4.69, 9.17) is 18.5 Å². The predicted molar refractivity (Wildman–Crippen MR) is 307 cm³/mol. The monoisotopic (exact) mass is 1040 g/mol. The summed E-state index contributed by atoms with van der Waals surface area (Å²) in [6.07, 6.45) is 65.7. The number of nitrogens with zero attached hydrogens (tertiary/aromatic N) is 1. The number of carbonyl (C=O) groups is 2. The number of ether oxygens (including phenoxy) is 2. The topological polar surface area (TPSA) is 108 Å². The molecule has 0 aliphatic heterocycles. The third-order valence-corrected chi connectivity index (χ3v) is 15.0. The molecular weight excluding hydrogens is 918 g/mol. The average molecular weight is 1040 g/mol. The van der Waals surface area contributed by atoms with E-state index in [-0.39, 0.29) is 25.6 Å². The van der Waals surface area contributed by atoms with Crippen molar-refractivity contribution in [3.05, 3.63) is 24.3 Å². The minimum atomic E-state index is -4.38. The molecule has 0 spiro atoms. The summed E-state index contributed by atoms with van der Waals surface area (Å²) in [6, 6.07) is 0. The summed E-state index contributed by atoms with van der Waals surface area (Å²) in [4.78, 5) is 35.6. The standard InChI is InChI=1S/C62H120NO8P/c1-6-8-10-12-14-16-18-20-22-23-24-25-26-27-28-29-30-31-32-33-34-35-36-37-38-39-41-42-44-46-48-50-52-54-61(64)68-58-60(59-70-72(66,67)69-57-56-63(3,4)5)71-62(65)55-53-51-49-47-45-43-40-21-19-17-15-13-11-9-7-2/h15,17,21,40,60H,6-14,16,18-20,22-39,41-59H2,1-5H3/p+1/b17-15-,40-21-. The number of esters is 2. The summed E-state index contributed by atoms with van der Waals surface area (Å²) in [5.41, 5.74) is 0. The molecule has 426 valence electrons. The predicted octanol–water partition coefficient (Wildman–Crippen LogP) is 19.4. The van der Waals surface area contributed by atoms with Crippen LogP contribution in [-0.4, -0.2) is 74.9 Å². The maximum Gasteiger partial charge on any atom is 0.472 e. The van der Waals surface area contributed by atoms with Crippen molar-refractivity contribution in [3.8, 4) is 0 Å². The fourth-order valence-electron chi connectivity index (χ4n) is 9.17. The molecule has 0 saturated carbocycles. The lowest BCUT2D eigenvalue weighted by Crippen LogP contribution is -2.37. The second-order valence-electron chi connectivity index (χ2n) is 22.5. The highest BCUT2D eigenvalue weighted by molar-refractivity contribution is 7.47. The van der Waals surface area contributed by atoms with Crippen LogP contribution in [0.25, 0.3) is 0 Å². The highest BCUT2D eigenvalue weighted by Crippen LogP contribution is 2.43. The fraction of sp³-hybridized carbons (Fsp3) is 0.903. The minimum absolute atomic E-state index is 0.0310. The van der Waals surface area contributed by atoms with Crippen LogP contribution in [0.1, 0.15) is 309 Å².